The quantitative estimate of drug-likeness (QED) is 0.648. The first-order valence-corrected chi connectivity index (χ1v) is 8.02. The molecule has 0 spiro atoms. The summed E-state index contributed by atoms with van der Waals surface area (Å²) in [4.78, 5) is 24.6. The molecule has 0 aromatic carbocycles. The molecule has 0 aliphatic rings. The van der Waals surface area contributed by atoms with Crippen LogP contribution in [-0.2, 0) is 14.3 Å². The number of halogens is 4. The molecule has 1 rings (SSSR count). The highest BCUT2D eigenvalue weighted by Gasteiger charge is 2.32. The molecular weight excluding hydrogens is 411 g/mol. The van der Waals surface area contributed by atoms with Crippen molar-refractivity contribution in [2.75, 3.05) is 13.7 Å². The number of methoxy groups -OCH3 is 1. The van der Waals surface area contributed by atoms with Crippen LogP contribution in [0.3, 0.4) is 0 Å². The Labute approximate surface area is 151 Å². The maximum Gasteiger partial charge on any atom is 0.522 e. The van der Waals surface area contributed by atoms with E-state index in [0.29, 0.717) is 4.47 Å². The number of alkyl halides is 3. The number of aromatic nitrogens is 1. The van der Waals surface area contributed by atoms with Crippen molar-refractivity contribution in [3.05, 3.63) is 27.1 Å². The highest BCUT2D eigenvalue weighted by Crippen LogP contribution is 2.26. The Bertz CT molecular complexity index is 667. The average Bonchev–Trinajstić information content (AvgIpc) is 2.41. The second-order valence-electron chi connectivity index (χ2n) is 6.07. The van der Waals surface area contributed by atoms with Gasteiger partial charge in [0.15, 0.2) is 0 Å². The van der Waals surface area contributed by atoms with E-state index >= 15 is 0 Å². The van der Waals surface area contributed by atoms with Crippen LogP contribution in [-0.4, -0.2) is 36.2 Å². The molecule has 0 fully saturated rings. The summed E-state index contributed by atoms with van der Waals surface area (Å²) in [6.45, 7) is 4.02. The number of pyridine rings is 1. The minimum atomic E-state index is -4.83. The zero-order valence-electron chi connectivity index (χ0n) is 14.1. The topological polar surface area (TPSA) is 66.8 Å². The number of nitrogens with zero attached hydrogens (tertiary/aromatic N) is 1. The first-order chi connectivity index (χ1) is 11.3. The minimum Gasteiger partial charge on any atom is -0.494 e. The fourth-order valence-corrected chi connectivity index (χ4v) is 2.39. The second kappa shape index (κ2) is 8.22. The molecule has 6 nitrogen and oxygen atoms in total. The summed E-state index contributed by atoms with van der Waals surface area (Å²) in [6.07, 6.45) is -4.01. The Morgan fingerprint density at radius 1 is 1.32 bits per heavy atom. The van der Waals surface area contributed by atoms with Gasteiger partial charge in [0.1, 0.15) is 17.4 Å². The van der Waals surface area contributed by atoms with Crippen LogP contribution in [0.1, 0.15) is 33.2 Å². The summed E-state index contributed by atoms with van der Waals surface area (Å²) in [7, 11) is 1.35. The molecule has 25 heavy (non-hydrogen) atoms. The van der Waals surface area contributed by atoms with Gasteiger partial charge in [0.05, 0.1) is 24.4 Å². The van der Waals surface area contributed by atoms with Crippen LogP contribution in [0.4, 0.5) is 13.2 Å². The lowest BCUT2D eigenvalue weighted by Gasteiger charge is -2.25. The van der Waals surface area contributed by atoms with Gasteiger partial charge in [-0.2, -0.15) is 0 Å². The van der Waals surface area contributed by atoms with Crippen molar-refractivity contribution < 1.29 is 32.2 Å². The third-order valence-corrected chi connectivity index (χ3v) is 3.51. The maximum absolute atomic E-state index is 12.4. The number of ether oxygens (including phenoxy) is 3. The van der Waals surface area contributed by atoms with Gasteiger partial charge in [0, 0.05) is 12.5 Å². The van der Waals surface area contributed by atoms with E-state index in [2.05, 4.69) is 20.7 Å². The standard InChI is InChI=1S/C15H19BrF3NO5/c1-14(2,3)25-13(22)10(5-6-24-15(17,18)19)20-8-11(23-4)9(16)7-12(20)21/h7-8,10H,5-6H2,1-4H3. The summed E-state index contributed by atoms with van der Waals surface area (Å²) in [5.41, 5.74) is -1.47. The summed E-state index contributed by atoms with van der Waals surface area (Å²) in [5, 5.41) is 0. The molecule has 0 saturated carbocycles. The third kappa shape index (κ3) is 7.07. The highest BCUT2D eigenvalue weighted by molar-refractivity contribution is 9.10. The van der Waals surface area contributed by atoms with Gasteiger partial charge in [0.25, 0.3) is 5.56 Å². The Kier molecular flexibility index (Phi) is 7.07. The van der Waals surface area contributed by atoms with Crippen molar-refractivity contribution in [3.63, 3.8) is 0 Å². The van der Waals surface area contributed by atoms with Crippen LogP contribution in [0.2, 0.25) is 0 Å². The Morgan fingerprint density at radius 3 is 2.40 bits per heavy atom. The molecule has 1 aromatic rings. The van der Waals surface area contributed by atoms with Crippen molar-refractivity contribution in [1.82, 2.24) is 4.57 Å². The Morgan fingerprint density at radius 2 is 1.92 bits per heavy atom. The van der Waals surface area contributed by atoms with Gasteiger partial charge in [-0.25, -0.2) is 4.79 Å². The van der Waals surface area contributed by atoms with Crippen LogP contribution in [0.15, 0.2) is 21.5 Å². The molecule has 1 atom stereocenters. The normalized spacial score (nSPS) is 13.4. The molecular formula is C15H19BrF3NO5. The molecule has 1 unspecified atom stereocenters. The van der Waals surface area contributed by atoms with Gasteiger partial charge in [-0.05, 0) is 36.7 Å². The number of rotatable bonds is 6. The van der Waals surface area contributed by atoms with Gasteiger partial charge in [-0.15, -0.1) is 13.2 Å². The number of carbonyl (C=O) groups excluding carboxylic acids is 1. The highest BCUT2D eigenvalue weighted by atomic mass is 79.9. The van der Waals surface area contributed by atoms with Crippen LogP contribution >= 0.6 is 15.9 Å². The molecule has 0 bridgehead atoms. The van der Waals surface area contributed by atoms with Crippen LogP contribution in [0.25, 0.3) is 0 Å². The molecule has 1 aromatic heterocycles. The SMILES string of the molecule is COc1cn(C(CCOC(F)(F)F)C(=O)OC(C)(C)C)c(=O)cc1Br. The van der Waals surface area contributed by atoms with Gasteiger partial charge in [0.2, 0.25) is 0 Å². The van der Waals surface area contributed by atoms with Crippen LogP contribution in [0.5, 0.6) is 5.75 Å². The first-order valence-electron chi connectivity index (χ1n) is 7.23. The molecule has 1 heterocycles. The van der Waals surface area contributed by atoms with Gasteiger partial charge in [-0.3, -0.25) is 14.1 Å². The van der Waals surface area contributed by atoms with E-state index in [4.69, 9.17) is 9.47 Å². The monoisotopic (exact) mass is 429 g/mol. The predicted octanol–water partition coefficient (Wildman–Crippen LogP) is 3.43. The van der Waals surface area contributed by atoms with E-state index in [0.717, 1.165) is 10.6 Å². The smallest absolute Gasteiger partial charge is 0.494 e. The molecule has 10 heteroatoms. The van der Waals surface area contributed by atoms with E-state index in [9.17, 15) is 22.8 Å². The molecule has 0 saturated heterocycles. The average molecular weight is 430 g/mol. The summed E-state index contributed by atoms with van der Waals surface area (Å²) in [5.74, 6) is -0.602. The molecule has 0 aliphatic heterocycles. The van der Waals surface area contributed by atoms with Crippen molar-refractivity contribution in [2.24, 2.45) is 0 Å². The van der Waals surface area contributed by atoms with E-state index in [1.807, 2.05) is 0 Å². The maximum atomic E-state index is 12.4. The zero-order chi connectivity index (χ0) is 19.4. The first kappa shape index (κ1) is 21.5. The zero-order valence-corrected chi connectivity index (χ0v) is 15.7. The summed E-state index contributed by atoms with van der Waals surface area (Å²) < 4.78 is 51.9. The Hall–Kier alpha value is -1.55. The van der Waals surface area contributed by atoms with Gasteiger partial charge in [-0.1, -0.05) is 0 Å². The largest absolute Gasteiger partial charge is 0.522 e. The van der Waals surface area contributed by atoms with E-state index in [-0.39, 0.29) is 5.75 Å². The summed E-state index contributed by atoms with van der Waals surface area (Å²) >= 11 is 3.13. The van der Waals surface area contributed by atoms with E-state index in [1.54, 1.807) is 20.8 Å². The van der Waals surface area contributed by atoms with E-state index in [1.165, 1.54) is 13.3 Å². The lowest BCUT2D eigenvalue weighted by atomic mass is 10.1. The number of hydrogen-bond donors (Lipinski definition) is 0. The number of hydrogen-bond acceptors (Lipinski definition) is 5. The molecule has 0 N–H and O–H groups in total. The molecule has 0 radical (unpaired) electrons. The van der Waals surface area contributed by atoms with Crippen molar-refractivity contribution in [1.29, 1.82) is 0 Å². The van der Waals surface area contributed by atoms with Gasteiger partial charge < -0.3 is 9.47 Å². The Balaban J connectivity index is 3.17. The van der Waals surface area contributed by atoms with Crippen LogP contribution in [0, 0.1) is 0 Å². The number of esters is 1. The predicted molar refractivity (Wildman–Crippen MR) is 86.5 cm³/mol. The summed E-state index contributed by atoms with van der Waals surface area (Å²) in [6, 6.07) is -0.142. The molecule has 0 amide bonds. The number of carbonyl (C=O) groups is 1. The van der Waals surface area contributed by atoms with Crippen molar-refractivity contribution >= 4 is 21.9 Å². The van der Waals surface area contributed by atoms with Crippen molar-refractivity contribution in [2.45, 2.75) is 45.2 Å². The van der Waals surface area contributed by atoms with Gasteiger partial charge >= 0.3 is 12.3 Å². The third-order valence-electron chi connectivity index (χ3n) is 2.89. The molecule has 142 valence electrons. The second-order valence-corrected chi connectivity index (χ2v) is 6.92. The minimum absolute atomic E-state index is 0.241. The van der Waals surface area contributed by atoms with E-state index < -0.39 is 42.6 Å². The lowest BCUT2D eigenvalue weighted by molar-refractivity contribution is -0.325. The lowest BCUT2D eigenvalue weighted by Crippen LogP contribution is -2.35. The fourth-order valence-electron chi connectivity index (χ4n) is 1.93. The van der Waals surface area contributed by atoms with Crippen LogP contribution < -0.4 is 10.3 Å². The fraction of sp³-hybridized carbons (Fsp3) is 0.600. The molecule has 0 aliphatic carbocycles. The van der Waals surface area contributed by atoms with Crippen molar-refractivity contribution in [3.8, 4) is 5.75 Å².